The van der Waals surface area contributed by atoms with Gasteiger partial charge in [-0.1, -0.05) is 206 Å². The summed E-state index contributed by atoms with van der Waals surface area (Å²) in [6.07, 6.45) is 0. The van der Waals surface area contributed by atoms with Crippen LogP contribution >= 0.6 is 15.9 Å². The Morgan fingerprint density at radius 3 is 0.991 bits per heavy atom. The zero-order valence-electron chi connectivity index (χ0n) is 60.8. The van der Waals surface area contributed by atoms with Crippen molar-refractivity contribution in [3.8, 4) is 79.5 Å². The Hall–Kier alpha value is -13.6. The Morgan fingerprint density at radius 2 is 0.545 bits per heavy atom. The molecule has 1 fully saturated rings. The lowest BCUT2D eigenvalue weighted by Crippen LogP contribution is -2.41. The maximum Gasteiger partial charge on any atom is 0.494 e. The fraction of sp³-hybridized carbons (Fsp3) is 0.0625. The van der Waals surface area contributed by atoms with Crippen molar-refractivity contribution in [2.24, 2.45) is 0 Å². The number of hydrogen-bond acceptors (Lipinski definition) is 14. The molecule has 14 aromatic carbocycles. The van der Waals surface area contributed by atoms with Crippen molar-refractivity contribution in [3.05, 3.63) is 308 Å². The highest BCUT2D eigenvalue weighted by molar-refractivity contribution is 9.10. The van der Waals surface area contributed by atoms with Crippen molar-refractivity contribution >= 4 is 160 Å². The summed E-state index contributed by atoms with van der Waals surface area (Å²) in [5.74, 6) is 3.42. The van der Waals surface area contributed by atoms with E-state index in [1.54, 1.807) is 0 Å². The molecule has 0 atom stereocenters. The van der Waals surface area contributed by atoms with E-state index in [0.29, 0.717) is 34.9 Å². The number of hydrogen-bond donors (Lipinski definition) is 0. The van der Waals surface area contributed by atoms with Gasteiger partial charge in [0.05, 0.1) is 15.7 Å². The molecular weight excluding hydrogens is 1460 g/mol. The number of nitrogens with zero attached hydrogens (tertiary/aromatic N) is 6. The summed E-state index contributed by atoms with van der Waals surface area (Å²) < 4.78 is 50.9. The van der Waals surface area contributed by atoms with Gasteiger partial charge < -0.3 is 35.8 Å². The molecule has 16 heteroatoms. The van der Waals surface area contributed by atoms with Gasteiger partial charge in [-0.25, -0.2) is 29.9 Å². The molecule has 1 aliphatic heterocycles. The highest BCUT2D eigenvalue weighted by Crippen LogP contribution is 2.43. The highest BCUT2D eigenvalue weighted by atomic mass is 79.9. The molecule has 1 aliphatic rings. The molecule has 23 rings (SSSR count). The maximum absolute atomic E-state index is 6.44. The summed E-state index contributed by atoms with van der Waals surface area (Å²) in [6, 6.07) is 102. The first-order chi connectivity index (χ1) is 54.8. The molecule has 14 nitrogen and oxygen atoms in total. The first-order valence-corrected chi connectivity index (χ1v) is 37.8. The molecule has 0 amide bonds. The van der Waals surface area contributed by atoms with Crippen molar-refractivity contribution in [3.63, 3.8) is 0 Å². The molecule has 9 heterocycles. The molecule has 1 saturated heterocycles. The van der Waals surface area contributed by atoms with Gasteiger partial charge in [0, 0.05) is 104 Å². The number of para-hydroxylation sites is 6. The van der Waals surface area contributed by atoms with Crippen molar-refractivity contribution in [2.75, 3.05) is 0 Å². The lowest BCUT2D eigenvalue weighted by atomic mass is 9.78. The van der Waals surface area contributed by atoms with Gasteiger partial charge in [-0.2, -0.15) is 0 Å². The smallest absolute Gasteiger partial charge is 0.456 e. The van der Waals surface area contributed by atoms with Crippen molar-refractivity contribution in [2.45, 2.75) is 38.9 Å². The second-order valence-electron chi connectivity index (χ2n) is 29.1. The molecule has 8 aromatic heterocycles. The fourth-order valence-electron chi connectivity index (χ4n) is 15.3. The Labute approximate surface area is 647 Å². The van der Waals surface area contributed by atoms with E-state index >= 15 is 0 Å². The van der Waals surface area contributed by atoms with Gasteiger partial charge >= 0.3 is 7.12 Å². The van der Waals surface area contributed by atoms with Crippen LogP contribution in [0.1, 0.15) is 27.7 Å². The van der Waals surface area contributed by atoms with E-state index < -0.39 is 18.3 Å². The van der Waals surface area contributed by atoms with Crippen LogP contribution in [0.15, 0.2) is 334 Å². The Morgan fingerprint density at radius 1 is 0.232 bits per heavy atom. The van der Waals surface area contributed by atoms with Crippen LogP contribution in [0.5, 0.6) is 0 Å². The quantitative estimate of drug-likeness (QED) is 0.131. The summed E-state index contributed by atoms with van der Waals surface area (Å²) in [5, 5.41) is 12.9. The topological polar surface area (TPSA) is 175 Å². The van der Waals surface area contributed by atoms with E-state index in [1.165, 1.54) is 5.39 Å². The second-order valence-corrected chi connectivity index (χ2v) is 30.0. The number of fused-ring (bicyclic) bond motifs is 18. The van der Waals surface area contributed by atoms with E-state index in [-0.39, 0.29) is 0 Å². The first-order valence-electron chi connectivity index (χ1n) is 37.0. The third-order valence-corrected chi connectivity index (χ3v) is 22.3. The van der Waals surface area contributed by atoms with Gasteiger partial charge in [-0.05, 0) is 152 Å². The third-order valence-electron chi connectivity index (χ3n) is 21.7. The molecule has 0 radical (unpaired) electrons. The van der Waals surface area contributed by atoms with Crippen LogP contribution < -0.4 is 5.46 Å². The van der Waals surface area contributed by atoms with Crippen LogP contribution in [-0.4, -0.2) is 48.2 Å². The van der Waals surface area contributed by atoms with E-state index in [0.717, 1.165) is 181 Å². The Kier molecular flexibility index (Phi) is 15.6. The number of rotatable bonds is 8. The molecule has 0 saturated carbocycles. The number of furan rings is 6. The summed E-state index contributed by atoms with van der Waals surface area (Å²) in [4.78, 5) is 29.7. The monoisotopic (exact) mass is 1520 g/mol. The molecule has 0 N–H and O–H groups in total. The standard InChI is InChI=1S/C45H25N3O3.C39H30BN3O4.C12H7BrO/c1-2-9-26(10-3-1)43-46-44(28-17-20-33-31-11-4-6-15-37(31)49-40(33)24-28)48-45(47-43)29-18-21-34-36-23-27(19-22-39(36)50-41(34)25-29)30-13-8-14-35-32-12-5-7-16-38(32)51-42(30)35;1-38(2)39(3,4)47-40(46-38)26-16-19-32-30(22-26)29-18-15-25(21-34(29)45-32)37-42-35(23-10-6-5-7-11-23)41-36(43-37)24-14-17-28-27-12-8-9-13-31(27)44-33(28)20-24;13-10-6-3-5-9-8-4-1-2-7-11(8)14-12(9)10/h1-25H;5-22H,1-4H3;1-7H. The average Bonchev–Trinajstić information content (AvgIpc) is 1.28. The van der Waals surface area contributed by atoms with Gasteiger partial charge in [0.1, 0.15) is 67.0 Å². The zero-order valence-corrected chi connectivity index (χ0v) is 62.4. The van der Waals surface area contributed by atoms with Crippen LogP contribution in [0.3, 0.4) is 0 Å². The summed E-state index contributed by atoms with van der Waals surface area (Å²) in [7, 11) is -0.451. The fourth-order valence-corrected chi connectivity index (χ4v) is 15.7. The van der Waals surface area contributed by atoms with E-state index in [2.05, 4.69) is 141 Å². The Balaban J connectivity index is 0.000000121. The summed E-state index contributed by atoms with van der Waals surface area (Å²) >= 11 is 3.48. The van der Waals surface area contributed by atoms with Gasteiger partial charge in [0.2, 0.25) is 0 Å². The molecule has 0 bridgehead atoms. The van der Waals surface area contributed by atoms with Crippen LogP contribution in [0.25, 0.3) is 211 Å². The van der Waals surface area contributed by atoms with Gasteiger partial charge in [0.25, 0.3) is 0 Å². The predicted octanol–water partition coefficient (Wildman–Crippen LogP) is 25.6. The van der Waals surface area contributed by atoms with E-state index in [9.17, 15) is 0 Å². The largest absolute Gasteiger partial charge is 0.494 e. The van der Waals surface area contributed by atoms with Crippen molar-refractivity contribution in [1.82, 2.24) is 29.9 Å². The molecule has 0 unspecified atom stereocenters. The predicted molar refractivity (Wildman–Crippen MR) is 451 cm³/mol. The Bertz CT molecular complexity index is 7510. The zero-order chi connectivity index (χ0) is 74.9. The molecule has 22 aromatic rings. The van der Waals surface area contributed by atoms with Gasteiger partial charge in [0.15, 0.2) is 34.9 Å². The number of aromatic nitrogens is 6. The van der Waals surface area contributed by atoms with Crippen LogP contribution in [0.2, 0.25) is 0 Å². The first kappa shape index (κ1) is 66.6. The minimum atomic E-state index is -0.451. The van der Waals surface area contributed by atoms with Gasteiger partial charge in [-0.3, -0.25) is 0 Å². The van der Waals surface area contributed by atoms with Crippen LogP contribution in [0, 0.1) is 0 Å². The van der Waals surface area contributed by atoms with E-state index in [4.69, 9.17) is 65.7 Å². The highest BCUT2D eigenvalue weighted by Gasteiger charge is 2.52. The molecule has 0 aliphatic carbocycles. The van der Waals surface area contributed by atoms with Crippen LogP contribution in [-0.2, 0) is 9.31 Å². The SMILES string of the molecule is Brc1cccc2c1oc1ccccc12.CC1(C)OB(c2ccc3oc4cc(-c5nc(-c6ccccc6)nc(-c6ccc7c(c6)oc6ccccc67)n5)ccc4c3c2)OC1(C)C.c1ccc(-c2nc(-c3ccc4c(c3)oc3ccccc34)nc(-c3ccc4c(c3)oc3ccc(-c5cccc6c5oc5ccccc56)cc34)n2)cc1. The number of benzene rings is 14. The molecule has 534 valence electrons. The van der Waals surface area contributed by atoms with Crippen molar-refractivity contribution in [1.29, 1.82) is 0 Å². The maximum atomic E-state index is 6.44. The second kappa shape index (κ2) is 26.3. The van der Waals surface area contributed by atoms with Gasteiger partial charge in [-0.15, -0.1) is 0 Å². The third kappa shape index (κ3) is 11.6. The average molecular weight is 1520 g/mol. The minimum absolute atomic E-state index is 0.417. The lowest BCUT2D eigenvalue weighted by molar-refractivity contribution is 0.00578. The summed E-state index contributed by atoms with van der Waals surface area (Å²) in [5.41, 5.74) is 17.4. The minimum Gasteiger partial charge on any atom is -0.456 e. The molecule has 112 heavy (non-hydrogen) atoms. The number of halogens is 1. The van der Waals surface area contributed by atoms with E-state index in [1.807, 2.05) is 206 Å². The van der Waals surface area contributed by atoms with Crippen LogP contribution in [0.4, 0.5) is 0 Å². The lowest BCUT2D eigenvalue weighted by Gasteiger charge is -2.32. The summed E-state index contributed by atoms with van der Waals surface area (Å²) in [6.45, 7) is 8.25. The van der Waals surface area contributed by atoms with Crippen molar-refractivity contribution < 1.29 is 35.8 Å². The normalized spacial score (nSPS) is 13.5. The molecular formula is C96H62BBrN6O8. The molecule has 0 spiro atoms.